The molecule has 2 aliphatic rings. The maximum Gasteiger partial charge on any atom is 0.228 e. The number of carbonyl (C=O) groups is 1. The molecule has 2 fully saturated rings. The fourth-order valence-electron chi connectivity index (χ4n) is 4.53. The molecule has 1 atom stereocenters. The summed E-state index contributed by atoms with van der Waals surface area (Å²) in [5.41, 5.74) is 3.76. The van der Waals surface area contributed by atoms with Crippen LogP contribution in [0.2, 0.25) is 0 Å². The molecule has 1 saturated carbocycles. The van der Waals surface area contributed by atoms with Crippen molar-refractivity contribution >= 4 is 11.6 Å². The number of hydrogen-bond donors (Lipinski definition) is 1. The highest BCUT2D eigenvalue weighted by atomic mass is 16.5. The van der Waals surface area contributed by atoms with Gasteiger partial charge in [-0.05, 0) is 67.4 Å². The Balaban J connectivity index is 1.29. The number of rotatable bonds is 6. The maximum atomic E-state index is 12.8. The van der Waals surface area contributed by atoms with Crippen LogP contribution in [0.15, 0.2) is 48.5 Å². The summed E-state index contributed by atoms with van der Waals surface area (Å²) in [6.07, 6.45) is 4.34. The van der Waals surface area contributed by atoms with Crippen LogP contribution in [0.5, 0.6) is 5.75 Å². The number of carbonyl (C=O) groups excluding carboxylic acids is 1. The lowest BCUT2D eigenvalue weighted by atomic mass is 9.90. The van der Waals surface area contributed by atoms with Crippen LogP contribution in [-0.4, -0.2) is 31.0 Å². The van der Waals surface area contributed by atoms with Crippen molar-refractivity contribution in [3.05, 3.63) is 59.7 Å². The second kappa shape index (κ2) is 7.96. The van der Waals surface area contributed by atoms with Crippen LogP contribution in [0.4, 0.5) is 5.69 Å². The Labute approximate surface area is 167 Å². The number of nitrogens with one attached hydrogen (secondary N) is 1. The molecular formula is C24H30N2O2. The van der Waals surface area contributed by atoms with E-state index in [9.17, 15) is 4.79 Å². The number of piperidine rings is 1. The van der Waals surface area contributed by atoms with Crippen LogP contribution in [-0.2, 0) is 17.8 Å². The predicted octanol–water partition coefficient (Wildman–Crippen LogP) is 4.50. The van der Waals surface area contributed by atoms with E-state index in [1.54, 1.807) is 7.11 Å². The van der Waals surface area contributed by atoms with Crippen LogP contribution in [0.1, 0.15) is 37.3 Å². The van der Waals surface area contributed by atoms with Gasteiger partial charge < -0.3 is 10.1 Å². The number of methoxy groups -OCH3 is 1. The number of anilines is 1. The molecule has 0 bridgehead atoms. The number of likely N-dealkylation sites (tertiary alicyclic amines) is 1. The lowest BCUT2D eigenvalue weighted by Crippen LogP contribution is -2.35. The monoisotopic (exact) mass is 378 g/mol. The molecule has 4 rings (SSSR count). The molecule has 4 heteroatoms. The minimum atomic E-state index is 0.142. The molecule has 1 heterocycles. The lowest BCUT2D eigenvalue weighted by molar-refractivity contribution is -0.118. The summed E-state index contributed by atoms with van der Waals surface area (Å²) in [5.74, 6) is 1.01. The lowest BCUT2D eigenvalue weighted by Gasteiger charge is -2.32. The van der Waals surface area contributed by atoms with E-state index in [0.29, 0.717) is 0 Å². The van der Waals surface area contributed by atoms with Gasteiger partial charge in [0.1, 0.15) is 5.75 Å². The van der Waals surface area contributed by atoms with E-state index in [1.807, 2.05) is 24.3 Å². The van der Waals surface area contributed by atoms with Gasteiger partial charge >= 0.3 is 0 Å². The van der Waals surface area contributed by atoms with Crippen molar-refractivity contribution in [2.45, 2.75) is 39.2 Å². The Morgan fingerprint density at radius 3 is 2.46 bits per heavy atom. The standard InChI is InChI=1S/C24H30N2O2/c1-3-18-8-10-19(11-9-18)17-26-14-12-24(13-15-26)16-20(24)23(27)25-21-6-4-5-7-22(21)28-2/h4-11,20H,3,12-17H2,1-2H3,(H,25,27). The van der Waals surface area contributed by atoms with E-state index in [2.05, 4.69) is 41.4 Å². The Morgan fingerprint density at radius 2 is 1.79 bits per heavy atom. The van der Waals surface area contributed by atoms with Gasteiger partial charge in [0.15, 0.2) is 0 Å². The molecule has 2 aromatic rings. The van der Waals surface area contributed by atoms with Crippen LogP contribution >= 0.6 is 0 Å². The largest absolute Gasteiger partial charge is 0.495 e. The van der Waals surface area contributed by atoms with Gasteiger partial charge in [0.2, 0.25) is 5.91 Å². The van der Waals surface area contributed by atoms with Crippen LogP contribution in [0.3, 0.4) is 0 Å². The van der Waals surface area contributed by atoms with Gasteiger partial charge in [-0.2, -0.15) is 0 Å². The zero-order valence-electron chi connectivity index (χ0n) is 16.9. The topological polar surface area (TPSA) is 41.6 Å². The van der Waals surface area contributed by atoms with E-state index in [0.717, 1.165) is 56.8 Å². The minimum Gasteiger partial charge on any atom is -0.495 e. The molecule has 1 aliphatic carbocycles. The molecule has 0 radical (unpaired) electrons. The van der Waals surface area contributed by atoms with E-state index >= 15 is 0 Å². The third kappa shape index (κ3) is 3.93. The minimum absolute atomic E-state index is 0.142. The molecule has 1 N–H and O–H groups in total. The Kier molecular flexibility index (Phi) is 5.40. The number of nitrogens with zero attached hydrogens (tertiary/aromatic N) is 1. The van der Waals surface area contributed by atoms with Crippen LogP contribution in [0, 0.1) is 11.3 Å². The second-order valence-electron chi connectivity index (χ2n) is 8.25. The molecule has 148 valence electrons. The van der Waals surface area contributed by atoms with Gasteiger partial charge in [-0.15, -0.1) is 0 Å². The first-order valence-corrected chi connectivity index (χ1v) is 10.4. The van der Waals surface area contributed by atoms with Crippen molar-refractivity contribution < 1.29 is 9.53 Å². The molecular weight excluding hydrogens is 348 g/mol. The summed E-state index contributed by atoms with van der Waals surface area (Å²) < 4.78 is 5.35. The third-order valence-electron chi connectivity index (χ3n) is 6.56. The molecule has 1 aliphatic heterocycles. The molecule has 2 aromatic carbocycles. The fourth-order valence-corrected chi connectivity index (χ4v) is 4.53. The van der Waals surface area contributed by atoms with E-state index in [1.165, 1.54) is 11.1 Å². The maximum absolute atomic E-state index is 12.8. The number of amides is 1. The quantitative estimate of drug-likeness (QED) is 0.805. The number of benzene rings is 2. The Hall–Kier alpha value is -2.33. The van der Waals surface area contributed by atoms with E-state index < -0.39 is 0 Å². The van der Waals surface area contributed by atoms with Crippen molar-refractivity contribution in [1.82, 2.24) is 4.90 Å². The van der Waals surface area contributed by atoms with Gasteiger partial charge in [0.05, 0.1) is 12.8 Å². The van der Waals surface area contributed by atoms with Gasteiger partial charge in [-0.25, -0.2) is 0 Å². The van der Waals surface area contributed by atoms with Crippen LogP contribution < -0.4 is 10.1 Å². The van der Waals surface area contributed by atoms with Gasteiger partial charge in [-0.1, -0.05) is 43.3 Å². The number of aryl methyl sites for hydroxylation is 1. The summed E-state index contributed by atoms with van der Waals surface area (Å²) >= 11 is 0. The number of para-hydroxylation sites is 2. The fraction of sp³-hybridized carbons (Fsp3) is 0.458. The Bertz CT molecular complexity index is 823. The predicted molar refractivity (Wildman–Crippen MR) is 112 cm³/mol. The van der Waals surface area contributed by atoms with E-state index in [4.69, 9.17) is 4.74 Å². The zero-order valence-corrected chi connectivity index (χ0v) is 16.9. The zero-order chi connectivity index (χ0) is 19.6. The van der Waals surface area contributed by atoms with Crippen molar-refractivity contribution in [2.75, 3.05) is 25.5 Å². The van der Waals surface area contributed by atoms with Crippen molar-refractivity contribution in [2.24, 2.45) is 11.3 Å². The normalized spacial score (nSPS) is 20.7. The van der Waals surface area contributed by atoms with E-state index in [-0.39, 0.29) is 17.2 Å². The highest BCUT2D eigenvalue weighted by Gasteiger charge is 2.58. The van der Waals surface area contributed by atoms with Gasteiger partial charge in [-0.3, -0.25) is 9.69 Å². The highest BCUT2D eigenvalue weighted by Crippen LogP contribution is 2.59. The second-order valence-corrected chi connectivity index (χ2v) is 8.25. The SMILES string of the molecule is CCc1ccc(CN2CCC3(CC2)CC3C(=O)Nc2ccccc2OC)cc1. The molecule has 1 unspecified atom stereocenters. The highest BCUT2D eigenvalue weighted by molar-refractivity contribution is 5.96. The molecule has 1 saturated heterocycles. The van der Waals surface area contributed by atoms with Crippen molar-refractivity contribution in [3.8, 4) is 5.75 Å². The number of ether oxygens (including phenoxy) is 1. The molecule has 4 nitrogen and oxygen atoms in total. The molecule has 0 aromatic heterocycles. The van der Waals surface area contributed by atoms with Gasteiger partial charge in [0, 0.05) is 12.5 Å². The first kappa shape index (κ1) is 19.0. The summed E-state index contributed by atoms with van der Waals surface area (Å²) in [6.45, 7) is 5.36. The molecule has 28 heavy (non-hydrogen) atoms. The molecule has 1 spiro atoms. The summed E-state index contributed by atoms with van der Waals surface area (Å²) in [4.78, 5) is 15.3. The summed E-state index contributed by atoms with van der Waals surface area (Å²) in [7, 11) is 1.63. The van der Waals surface area contributed by atoms with Crippen LogP contribution in [0.25, 0.3) is 0 Å². The van der Waals surface area contributed by atoms with Gasteiger partial charge in [0.25, 0.3) is 0 Å². The average molecular weight is 379 g/mol. The number of hydrogen-bond acceptors (Lipinski definition) is 3. The Morgan fingerprint density at radius 1 is 1.11 bits per heavy atom. The molecule has 1 amide bonds. The first-order chi connectivity index (χ1) is 13.6. The summed E-state index contributed by atoms with van der Waals surface area (Å²) in [5, 5.41) is 3.08. The third-order valence-corrected chi connectivity index (χ3v) is 6.56. The van der Waals surface area contributed by atoms with Crippen molar-refractivity contribution in [3.63, 3.8) is 0 Å². The van der Waals surface area contributed by atoms with Crippen molar-refractivity contribution in [1.29, 1.82) is 0 Å². The first-order valence-electron chi connectivity index (χ1n) is 10.4. The average Bonchev–Trinajstić information content (AvgIpc) is 3.44. The smallest absolute Gasteiger partial charge is 0.228 e. The summed E-state index contributed by atoms with van der Waals surface area (Å²) in [6, 6.07) is 16.6.